The number of hydrogen-bond donors (Lipinski definition) is 1. The average molecular weight is 261 g/mol. The number of hydrogen-bond acceptors (Lipinski definition) is 4. The lowest BCUT2D eigenvalue weighted by atomic mass is 10.3. The minimum Gasteiger partial charge on any atom is -0.481 e. The zero-order valence-electron chi connectivity index (χ0n) is 10.1. The molecule has 0 saturated heterocycles. The van der Waals surface area contributed by atoms with E-state index in [9.17, 15) is 9.59 Å². The minimum absolute atomic E-state index is 0.0327. The Morgan fingerprint density at radius 2 is 2.18 bits per heavy atom. The molecule has 0 bridgehead atoms. The molecule has 1 rings (SSSR count). The maximum Gasteiger partial charge on any atom is 0.305 e. The van der Waals surface area contributed by atoms with Gasteiger partial charge in [-0.15, -0.1) is 11.8 Å². The first kappa shape index (κ1) is 14.3. The first-order valence-electron chi connectivity index (χ1n) is 5.73. The van der Waals surface area contributed by atoms with E-state index < -0.39 is 5.97 Å². The summed E-state index contributed by atoms with van der Waals surface area (Å²) in [6.45, 7) is 0.972. The lowest BCUT2D eigenvalue weighted by Gasteiger charge is -2.21. The molecule has 1 saturated carbocycles. The van der Waals surface area contributed by atoms with Gasteiger partial charge in [0.05, 0.1) is 18.8 Å². The van der Waals surface area contributed by atoms with Crippen molar-refractivity contribution in [3.05, 3.63) is 0 Å². The molecule has 0 aromatic carbocycles. The largest absolute Gasteiger partial charge is 0.481 e. The van der Waals surface area contributed by atoms with Crippen molar-refractivity contribution < 1.29 is 19.4 Å². The highest BCUT2D eigenvalue weighted by Gasteiger charge is 2.32. The molecule has 1 fully saturated rings. The van der Waals surface area contributed by atoms with Crippen LogP contribution >= 0.6 is 11.8 Å². The quantitative estimate of drug-likeness (QED) is 0.623. The van der Waals surface area contributed by atoms with Crippen molar-refractivity contribution in [1.82, 2.24) is 4.90 Å². The van der Waals surface area contributed by atoms with Gasteiger partial charge < -0.3 is 14.7 Å². The van der Waals surface area contributed by atoms with Crippen LogP contribution in [0.1, 0.15) is 19.3 Å². The van der Waals surface area contributed by atoms with Gasteiger partial charge in [0.15, 0.2) is 0 Å². The molecule has 0 aromatic heterocycles. The van der Waals surface area contributed by atoms with Crippen LogP contribution in [0.5, 0.6) is 0 Å². The van der Waals surface area contributed by atoms with Crippen molar-refractivity contribution in [3.8, 4) is 0 Å². The van der Waals surface area contributed by atoms with Gasteiger partial charge in [-0.05, 0) is 12.8 Å². The zero-order chi connectivity index (χ0) is 12.7. The Bertz CT molecular complexity index is 268. The first-order valence-corrected chi connectivity index (χ1v) is 6.88. The minimum atomic E-state index is -0.851. The van der Waals surface area contributed by atoms with Crippen LogP contribution in [-0.2, 0) is 14.3 Å². The lowest BCUT2D eigenvalue weighted by molar-refractivity contribution is -0.138. The molecule has 0 atom stereocenters. The van der Waals surface area contributed by atoms with Gasteiger partial charge in [0.1, 0.15) is 0 Å². The monoisotopic (exact) mass is 261 g/mol. The van der Waals surface area contributed by atoms with E-state index >= 15 is 0 Å². The summed E-state index contributed by atoms with van der Waals surface area (Å²) in [7, 11) is 1.63. The normalized spacial score (nSPS) is 14.6. The van der Waals surface area contributed by atoms with Gasteiger partial charge >= 0.3 is 5.97 Å². The predicted molar refractivity (Wildman–Crippen MR) is 66.2 cm³/mol. The highest BCUT2D eigenvalue weighted by molar-refractivity contribution is 7.99. The van der Waals surface area contributed by atoms with Gasteiger partial charge in [-0.1, -0.05) is 0 Å². The van der Waals surface area contributed by atoms with Crippen molar-refractivity contribution in [2.75, 3.05) is 31.8 Å². The highest BCUT2D eigenvalue weighted by atomic mass is 32.2. The second-order valence-electron chi connectivity index (χ2n) is 4.01. The van der Waals surface area contributed by atoms with Gasteiger partial charge in [0.25, 0.3) is 0 Å². The maximum atomic E-state index is 11.9. The van der Waals surface area contributed by atoms with Crippen LogP contribution in [-0.4, -0.2) is 59.7 Å². The van der Waals surface area contributed by atoms with E-state index in [1.54, 1.807) is 12.0 Å². The van der Waals surface area contributed by atoms with Gasteiger partial charge in [-0.2, -0.15) is 0 Å². The van der Waals surface area contributed by atoms with Gasteiger partial charge in [0.2, 0.25) is 5.91 Å². The molecule has 17 heavy (non-hydrogen) atoms. The van der Waals surface area contributed by atoms with Crippen molar-refractivity contribution in [3.63, 3.8) is 0 Å². The molecule has 0 unspecified atom stereocenters. The predicted octanol–water partition coefficient (Wildman–Crippen LogP) is 0.832. The number of carbonyl (C=O) groups excluding carboxylic acids is 1. The second-order valence-corrected chi connectivity index (χ2v) is 5.11. The van der Waals surface area contributed by atoms with Gasteiger partial charge in [0, 0.05) is 25.4 Å². The average Bonchev–Trinajstić information content (AvgIpc) is 3.08. The summed E-state index contributed by atoms with van der Waals surface area (Å²) >= 11 is 1.53. The standard InChI is InChI=1S/C11H19NO4S/c1-16-6-7-17-8-10(13)12(9-2-3-9)5-4-11(14)15/h9H,2-8H2,1H3,(H,14,15). The van der Waals surface area contributed by atoms with Crippen LogP contribution in [0.25, 0.3) is 0 Å². The number of carboxylic acids is 1. The molecule has 0 aromatic rings. The summed E-state index contributed by atoms with van der Waals surface area (Å²) < 4.78 is 4.90. The summed E-state index contributed by atoms with van der Waals surface area (Å²) in [5.41, 5.74) is 0. The molecule has 0 aliphatic heterocycles. The maximum absolute atomic E-state index is 11.9. The fourth-order valence-corrected chi connectivity index (χ4v) is 2.27. The number of carboxylic acid groups (broad SMARTS) is 1. The van der Waals surface area contributed by atoms with Crippen molar-refractivity contribution >= 4 is 23.6 Å². The summed E-state index contributed by atoms with van der Waals surface area (Å²) in [5, 5.41) is 8.63. The number of amides is 1. The van der Waals surface area contributed by atoms with Gasteiger partial charge in [-0.25, -0.2) is 0 Å². The third-order valence-corrected chi connectivity index (χ3v) is 3.44. The Hall–Kier alpha value is -0.750. The van der Waals surface area contributed by atoms with E-state index in [0.717, 1.165) is 18.6 Å². The number of thioether (sulfide) groups is 1. The number of carbonyl (C=O) groups is 2. The molecule has 5 nitrogen and oxygen atoms in total. The highest BCUT2D eigenvalue weighted by Crippen LogP contribution is 2.27. The molecule has 0 spiro atoms. The van der Waals surface area contributed by atoms with Crippen LogP contribution in [0.2, 0.25) is 0 Å². The number of nitrogens with zero attached hydrogens (tertiary/aromatic N) is 1. The Kier molecular flexibility index (Phi) is 6.36. The Labute approximate surface area is 105 Å². The van der Waals surface area contributed by atoms with E-state index in [2.05, 4.69) is 0 Å². The molecule has 0 heterocycles. The Morgan fingerprint density at radius 3 is 2.71 bits per heavy atom. The Balaban J connectivity index is 2.25. The molecular formula is C11H19NO4S. The van der Waals surface area contributed by atoms with E-state index in [1.165, 1.54) is 11.8 Å². The topological polar surface area (TPSA) is 66.8 Å². The Morgan fingerprint density at radius 1 is 1.47 bits per heavy atom. The van der Waals surface area contributed by atoms with E-state index in [-0.39, 0.29) is 18.4 Å². The molecule has 1 N–H and O–H groups in total. The van der Waals surface area contributed by atoms with Crippen LogP contribution < -0.4 is 0 Å². The third-order valence-electron chi connectivity index (χ3n) is 2.53. The van der Waals surface area contributed by atoms with Crippen LogP contribution in [0.4, 0.5) is 0 Å². The first-order chi connectivity index (χ1) is 8.15. The summed E-state index contributed by atoms with van der Waals surface area (Å²) in [6, 6.07) is 0.282. The van der Waals surface area contributed by atoms with Crippen LogP contribution in [0.3, 0.4) is 0 Å². The molecular weight excluding hydrogens is 242 g/mol. The number of aliphatic carboxylic acids is 1. The third kappa shape index (κ3) is 5.93. The fourth-order valence-electron chi connectivity index (χ4n) is 1.50. The molecule has 6 heteroatoms. The van der Waals surface area contributed by atoms with E-state index in [4.69, 9.17) is 9.84 Å². The second kappa shape index (κ2) is 7.55. The summed E-state index contributed by atoms with van der Waals surface area (Å²) in [6.07, 6.45) is 2.05. The molecule has 98 valence electrons. The van der Waals surface area contributed by atoms with E-state index in [1.807, 2.05) is 0 Å². The summed E-state index contributed by atoms with van der Waals surface area (Å²) in [5.74, 6) is 0.407. The van der Waals surface area contributed by atoms with Crippen LogP contribution in [0, 0.1) is 0 Å². The number of methoxy groups -OCH3 is 1. The number of ether oxygens (including phenoxy) is 1. The molecule has 1 aliphatic carbocycles. The van der Waals surface area contributed by atoms with Crippen LogP contribution in [0.15, 0.2) is 0 Å². The fraction of sp³-hybridized carbons (Fsp3) is 0.818. The SMILES string of the molecule is COCCSCC(=O)N(CCC(=O)O)C1CC1. The number of rotatable bonds is 9. The van der Waals surface area contributed by atoms with Gasteiger partial charge in [-0.3, -0.25) is 9.59 Å². The van der Waals surface area contributed by atoms with Crippen molar-refractivity contribution in [2.45, 2.75) is 25.3 Å². The van der Waals surface area contributed by atoms with E-state index in [0.29, 0.717) is 18.9 Å². The zero-order valence-corrected chi connectivity index (χ0v) is 10.9. The van der Waals surface area contributed by atoms with Crippen molar-refractivity contribution in [1.29, 1.82) is 0 Å². The van der Waals surface area contributed by atoms with Crippen molar-refractivity contribution in [2.24, 2.45) is 0 Å². The molecule has 1 aliphatic rings. The summed E-state index contributed by atoms with van der Waals surface area (Å²) in [4.78, 5) is 24.1. The molecule has 0 radical (unpaired) electrons. The molecule has 1 amide bonds. The lowest BCUT2D eigenvalue weighted by Crippen LogP contribution is -2.36. The smallest absolute Gasteiger partial charge is 0.305 e.